The zero-order valence-electron chi connectivity index (χ0n) is 24.1. The quantitative estimate of drug-likeness (QED) is 0.382. The molecule has 1 aliphatic heterocycles. The number of imide groups is 1. The van der Waals surface area contributed by atoms with Gasteiger partial charge in [0, 0.05) is 16.5 Å². The van der Waals surface area contributed by atoms with E-state index in [-0.39, 0.29) is 10.5 Å². The number of rotatable bonds is 6. The SMILES string of the molecule is CC(C)(C)OC(=O)N(C(=O)OC(C)(C)C)C1=N[C@](C)(c2cc(Br)ccc2F)CS(=O)(=O)[C@]1(CF)CCOS(C)(=O)=O. The Bertz CT molecular complexity index is 1410. The summed E-state index contributed by atoms with van der Waals surface area (Å²) in [6, 6.07) is 3.70. The molecule has 232 valence electrons. The topological polar surface area (TPSA) is 146 Å². The second-order valence-corrected chi connectivity index (χ2v) is 16.7. The fraction of sp³-hybridized carbons (Fsp3) is 0.640. The Labute approximate surface area is 247 Å². The Balaban J connectivity index is 3.00. The van der Waals surface area contributed by atoms with Crippen molar-refractivity contribution in [2.45, 2.75) is 76.4 Å². The fourth-order valence-electron chi connectivity index (χ4n) is 4.01. The summed E-state index contributed by atoms with van der Waals surface area (Å²) in [5, 5.41) is 0. The first-order chi connectivity index (χ1) is 18.4. The average Bonchev–Trinajstić information content (AvgIpc) is 2.73. The molecule has 0 fully saturated rings. The van der Waals surface area contributed by atoms with Crippen LogP contribution in [0.15, 0.2) is 27.7 Å². The predicted octanol–water partition coefficient (Wildman–Crippen LogP) is 4.88. The number of halogens is 3. The highest BCUT2D eigenvalue weighted by molar-refractivity contribution is 9.10. The number of amides is 2. The van der Waals surface area contributed by atoms with E-state index < -0.39 is 90.7 Å². The van der Waals surface area contributed by atoms with Crippen LogP contribution in [-0.4, -0.2) is 81.0 Å². The molecule has 2 amide bonds. The molecule has 11 nitrogen and oxygen atoms in total. The van der Waals surface area contributed by atoms with E-state index in [1.807, 2.05) is 0 Å². The molecule has 1 aromatic carbocycles. The molecule has 1 aliphatic rings. The number of ether oxygens (including phenoxy) is 2. The summed E-state index contributed by atoms with van der Waals surface area (Å²) in [4.78, 5) is 31.5. The van der Waals surface area contributed by atoms with Gasteiger partial charge in [-0.05, 0) is 66.7 Å². The minimum Gasteiger partial charge on any atom is -0.443 e. The van der Waals surface area contributed by atoms with Crippen LogP contribution in [0.5, 0.6) is 0 Å². The van der Waals surface area contributed by atoms with Gasteiger partial charge in [0.1, 0.15) is 35.1 Å². The summed E-state index contributed by atoms with van der Waals surface area (Å²) < 4.78 is 94.6. The molecule has 0 radical (unpaired) electrons. The van der Waals surface area contributed by atoms with Gasteiger partial charge in [0.2, 0.25) is 0 Å². The van der Waals surface area contributed by atoms with Gasteiger partial charge in [-0.3, -0.25) is 9.18 Å². The minimum atomic E-state index is -4.81. The first kappa shape index (κ1) is 35.0. The lowest BCUT2D eigenvalue weighted by atomic mass is 9.92. The molecule has 0 bridgehead atoms. The van der Waals surface area contributed by atoms with Crippen LogP contribution in [-0.2, 0) is 39.2 Å². The third-order valence-corrected chi connectivity index (χ3v) is 9.44. The lowest BCUT2D eigenvalue weighted by Gasteiger charge is -2.44. The summed E-state index contributed by atoms with van der Waals surface area (Å²) in [5.74, 6) is -2.78. The lowest BCUT2D eigenvalue weighted by Crippen LogP contribution is -2.65. The summed E-state index contributed by atoms with van der Waals surface area (Å²) >= 11 is 3.20. The smallest absolute Gasteiger partial charge is 0.425 e. The second kappa shape index (κ2) is 11.8. The van der Waals surface area contributed by atoms with Gasteiger partial charge in [0.15, 0.2) is 14.6 Å². The van der Waals surface area contributed by atoms with Crippen LogP contribution in [0.1, 0.15) is 60.5 Å². The van der Waals surface area contributed by atoms with Gasteiger partial charge < -0.3 is 9.47 Å². The predicted molar refractivity (Wildman–Crippen MR) is 151 cm³/mol. The Hall–Kier alpha value is -2.17. The largest absolute Gasteiger partial charge is 0.443 e. The summed E-state index contributed by atoms with van der Waals surface area (Å²) in [6.07, 6.45) is -3.06. The van der Waals surface area contributed by atoms with Crippen LogP contribution >= 0.6 is 15.9 Å². The van der Waals surface area contributed by atoms with Crippen molar-refractivity contribution in [2.24, 2.45) is 4.99 Å². The molecule has 1 aromatic rings. The van der Waals surface area contributed by atoms with Crippen LogP contribution < -0.4 is 0 Å². The molecule has 0 aliphatic carbocycles. The van der Waals surface area contributed by atoms with Crippen LogP contribution in [0.25, 0.3) is 0 Å². The maximum Gasteiger partial charge on any atom is 0.425 e. The number of carbonyl (C=O) groups is 2. The van der Waals surface area contributed by atoms with Crippen molar-refractivity contribution in [2.75, 3.05) is 25.3 Å². The summed E-state index contributed by atoms with van der Waals surface area (Å²) in [5.41, 5.74) is -4.66. The average molecular weight is 690 g/mol. The standard InChI is InChI=1S/C25H35BrF2N2O9S2/c1-22(2,3)38-20(31)30(21(32)39-23(4,5)6)19-25(14-27,11-12-37-40(8,33)34)41(35,36)15-24(7,29-19)17-13-16(26)9-10-18(17)28/h9-10,13H,11-12,14-15H2,1-8H3/t24-,25-/m0/s1. The minimum absolute atomic E-state index is 0.168. The molecular weight excluding hydrogens is 654 g/mol. The Kier molecular flexibility index (Phi) is 10.1. The van der Waals surface area contributed by atoms with Crippen molar-refractivity contribution >= 4 is 53.9 Å². The fourth-order valence-corrected chi connectivity index (χ4v) is 6.97. The molecule has 0 spiro atoms. The van der Waals surface area contributed by atoms with E-state index in [0.29, 0.717) is 10.7 Å². The van der Waals surface area contributed by atoms with Crippen molar-refractivity contribution in [3.63, 3.8) is 0 Å². The third-order valence-electron chi connectivity index (χ3n) is 5.72. The Morgan fingerprint density at radius 2 is 1.61 bits per heavy atom. The Morgan fingerprint density at radius 1 is 1.10 bits per heavy atom. The van der Waals surface area contributed by atoms with Gasteiger partial charge in [-0.1, -0.05) is 15.9 Å². The molecule has 41 heavy (non-hydrogen) atoms. The number of amidine groups is 1. The molecule has 0 unspecified atom stereocenters. The van der Waals surface area contributed by atoms with Crippen LogP contribution in [0, 0.1) is 5.82 Å². The number of hydrogen-bond acceptors (Lipinski definition) is 10. The molecule has 0 saturated carbocycles. The van der Waals surface area contributed by atoms with Crippen molar-refractivity contribution < 1.29 is 48.9 Å². The van der Waals surface area contributed by atoms with Gasteiger partial charge in [0.05, 0.1) is 18.6 Å². The van der Waals surface area contributed by atoms with Gasteiger partial charge in [0.25, 0.3) is 10.1 Å². The number of alkyl halides is 1. The highest BCUT2D eigenvalue weighted by atomic mass is 79.9. The summed E-state index contributed by atoms with van der Waals surface area (Å²) in [6.45, 7) is 7.48. The number of nitrogens with zero attached hydrogens (tertiary/aromatic N) is 2. The van der Waals surface area contributed by atoms with Crippen molar-refractivity contribution in [3.8, 4) is 0 Å². The maximum atomic E-state index is 15.2. The van der Waals surface area contributed by atoms with Crippen LogP contribution in [0.3, 0.4) is 0 Å². The zero-order chi connectivity index (χ0) is 31.8. The van der Waals surface area contributed by atoms with Crippen molar-refractivity contribution in [3.05, 3.63) is 34.1 Å². The van der Waals surface area contributed by atoms with E-state index >= 15 is 8.78 Å². The van der Waals surface area contributed by atoms with E-state index in [4.69, 9.17) is 13.7 Å². The molecular formula is C25H35BrF2N2O9S2. The van der Waals surface area contributed by atoms with Gasteiger partial charge >= 0.3 is 12.2 Å². The maximum absolute atomic E-state index is 15.2. The normalized spacial score (nSPS) is 23.0. The third kappa shape index (κ3) is 8.45. The number of sulfone groups is 1. The van der Waals surface area contributed by atoms with E-state index in [9.17, 15) is 26.4 Å². The first-order valence-corrected chi connectivity index (χ1v) is 16.6. The molecule has 2 atom stereocenters. The van der Waals surface area contributed by atoms with E-state index in [1.165, 1.54) is 60.6 Å². The number of benzene rings is 1. The molecule has 2 rings (SSSR count). The van der Waals surface area contributed by atoms with Crippen LogP contribution in [0.4, 0.5) is 18.4 Å². The molecule has 0 saturated heterocycles. The van der Waals surface area contributed by atoms with Gasteiger partial charge in [-0.15, -0.1) is 0 Å². The van der Waals surface area contributed by atoms with E-state index in [0.717, 1.165) is 6.07 Å². The second-order valence-electron chi connectivity index (χ2n) is 11.8. The lowest BCUT2D eigenvalue weighted by molar-refractivity contribution is 0.0135. The number of hydrogen-bond donors (Lipinski definition) is 0. The molecule has 16 heteroatoms. The first-order valence-electron chi connectivity index (χ1n) is 12.3. The molecule has 1 heterocycles. The van der Waals surface area contributed by atoms with Gasteiger partial charge in [-0.25, -0.2) is 26.8 Å². The number of aliphatic imine (C=N–C) groups is 1. The van der Waals surface area contributed by atoms with E-state index in [2.05, 4.69) is 20.9 Å². The monoisotopic (exact) mass is 688 g/mol. The highest BCUT2D eigenvalue weighted by Crippen LogP contribution is 2.43. The number of carbonyl (C=O) groups excluding carboxylic acids is 2. The molecule has 0 N–H and O–H groups in total. The highest BCUT2D eigenvalue weighted by Gasteiger charge is 2.60. The van der Waals surface area contributed by atoms with Crippen molar-refractivity contribution in [1.82, 2.24) is 4.90 Å². The molecule has 0 aromatic heterocycles. The van der Waals surface area contributed by atoms with Crippen LogP contribution in [0.2, 0.25) is 0 Å². The van der Waals surface area contributed by atoms with Gasteiger partial charge in [-0.2, -0.15) is 13.3 Å². The zero-order valence-corrected chi connectivity index (χ0v) is 27.3. The van der Waals surface area contributed by atoms with Crippen molar-refractivity contribution in [1.29, 1.82) is 0 Å². The Morgan fingerprint density at radius 3 is 2.05 bits per heavy atom. The summed E-state index contributed by atoms with van der Waals surface area (Å²) in [7, 11) is -8.91. The van der Waals surface area contributed by atoms with E-state index in [1.54, 1.807) is 0 Å².